The number of nitrogen functional groups attached to an aromatic ring is 1. The number of nitrogens with two attached hydrogens (primary N) is 1. The van der Waals surface area contributed by atoms with Crippen LogP contribution in [0.2, 0.25) is 0 Å². The lowest BCUT2D eigenvalue weighted by atomic mass is 10.3. The van der Waals surface area contributed by atoms with Gasteiger partial charge in [-0.1, -0.05) is 0 Å². The molecule has 0 amide bonds. The quantitative estimate of drug-likeness (QED) is 0.795. The predicted molar refractivity (Wildman–Crippen MR) is 69.9 cm³/mol. The monoisotopic (exact) mass is 245 g/mol. The van der Waals surface area contributed by atoms with E-state index in [9.17, 15) is 4.79 Å². The van der Waals surface area contributed by atoms with Crippen LogP contribution in [0, 0.1) is 6.92 Å². The molecule has 1 aliphatic heterocycles. The zero-order chi connectivity index (χ0) is 12.7. The summed E-state index contributed by atoms with van der Waals surface area (Å²) in [5, 5.41) is 4.35. The lowest BCUT2D eigenvalue weighted by molar-refractivity contribution is 0.822. The Kier molecular flexibility index (Phi) is 2.43. The summed E-state index contributed by atoms with van der Waals surface area (Å²) in [5.74, 6) is 0.812. The zero-order valence-corrected chi connectivity index (χ0v) is 10.3. The van der Waals surface area contributed by atoms with Crippen LogP contribution in [-0.4, -0.2) is 27.7 Å². The largest absolute Gasteiger partial charge is 0.393 e. The van der Waals surface area contributed by atoms with Gasteiger partial charge >= 0.3 is 0 Å². The second kappa shape index (κ2) is 3.97. The minimum atomic E-state index is -0.293. The second-order valence-corrected chi connectivity index (χ2v) is 4.57. The highest BCUT2D eigenvalue weighted by molar-refractivity contribution is 5.51. The molecule has 0 aromatic carbocycles. The Balaban J connectivity index is 2.19. The molecule has 0 saturated carbocycles. The van der Waals surface area contributed by atoms with Gasteiger partial charge in [0.25, 0.3) is 5.56 Å². The van der Waals surface area contributed by atoms with Crippen molar-refractivity contribution in [2.45, 2.75) is 19.8 Å². The molecule has 0 aliphatic carbocycles. The highest BCUT2D eigenvalue weighted by Gasteiger charge is 2.15. The smallest absolute Gasteiger partial charge is 0.297 e. The summed E-state index contributed by atoms with van der Waals surface area (Å²) < 4.78 is 1.29. The van der Waals surface area contributed by atoms with Crippen molar-refractivity contribution in [1.29, 1.82) is 0 Å². The van der Waals surface area contributed by atoms with Gasteiger partial charge in [0.15, 0.2) is 5.65 Å². The van der Waals surface area contributed by atoms with E-state index in [4.69, 9.17) is 5.73 Å². The Hall–Kier alpha value is -2.11. The molecule has 0 spiro atoms. The lowest BCUT2D eigenvalue weighted by Gasteiger charge is -2.16. The van der Waals surface area contributed by atoms with Crippen molar-refractivity contribution in [3.63, 3.8) is 0 Å². The number of anilines is 2. The van der Waals surface area contributed by atoms with Gasteiger partial charge in [-0.15, -0.1) is 5.10 Å². The van der Waals surface area contributed by atoms with Crippen molar-refractivity contribution >= 4 is 17.2 Å². The molecule has 0 radical (unpaired) electrons. The molecule has 2 aromatic rings. The van der Waals surface area contributed by atoms with Crippen LogP contribution in [0.1, 0.15) is 18.5 Å². The van der Waals surface area contributed by atoms with Crippen molar-refractivity contribution in [2.75, 3.05) is 23.7 Å². The SMILES string of the molecule is Cc1nc2ccc(N3CCCC3)nn2c(=O)c1N. The number of fused-ring (bicyclic) bond motifs is 1. The molecule has 0 atom stereocenters. The van der Waals surface area contributed by atoms with E-state index in [1.54, 1.807) is 6.92 Å². The number of hydrogen-bond acceptors (Lipinski definition) is 5. The lowest BCUT2D eigenvalue weighted by Crippen LogP contribution is -2.26. The highest BCUT2D eigenvalue weighted by atomic mass is 16.1. The second-order valence-electron chi connectivity index (χ2n) is 4.57. The van der Waals surface area contributed by atoms with Gasteiger partial charge in [0.1, 0.15) is 11.5 Å². The summed E-state index contributed by atoms with van der Waals surface area (Å²) in [4.78, 5) is 18.5. The third kappa shape index (κ3) is 1.61. The maximum Gasteiger partial charge on any atom is 0.297 e. The summed E-state index contributed by atoms with van der Waals surface area (Å²) >= 11 is 0. The Morgan fingerprint density at radius 1 is 1.28 bits per heavy atom. The Labute approximate surface area is 104 Å². The maximum absolute atomic E-state index is 12.0. The fraction of sp³-hybridized carbons (Fsp3) is 0.417. The minimum Gasteiger partial charge on any atom is -0.393 e. The number of aromatic nitrogens is 3. The van der Waals surface area contributed by atoms with E-state index in [1.807, 2.05) is 12.1 Å². The van der Waals surface area contributed by atoms with Crippen LogP contribution in [0.25, 0.3) is 5.65 Å². The van der Waals surface area contributed by atoms with Gasteiger partial charge in [-0.2, -0.15) is 4.52 Å². The van der Waals surface area contributed by atoms with E-state index in [0.717, 1.165) is 18.9 Å². The van der Waals surface area contributed by atoms with Crippen molar-refractivity contribution in [1.82, 2.24) is 14.6 Å². The topological polar surface area (TPSA) is 76.5 Å². The van der Waals surface area contributed by atoms with Gasteiger partial charge < -0.3 is 10.6 Å². The molecule has 0 unspecified atom stereocenters. The minimum absolute atomic E-state index is 0.165. The van der Waals surface area contributed by atoms with Crippen molar-refractivity contribution in [3.8, 4) is 0 Å². The molecular formula is C12H15N5O. The van der Waals surface area contributed by atoms with E-state index in [1.165, 1.54) is 17.4 Å². The molecule has 18 heavy (non-hydrogen) atoms. The van der Waals surface area contributed by atoms with E-state index in [2.05, 4.69) is 15.0 Å². The van der Waals surface area contributed by atoms with Crippen molar-refractivity contribution < 1.29 is 0 Å². The molecule has 6 heteroatoms. The van der Waals surface area contributed by atoms with Gasteiger partial charge in [0.05, 0.1) is 5.69 Å². The Bertz CT molecular complexity index is 657. The van der Waals surface area contributed by atoms with Gasteiger partial charge in [0.2, 0.25) is 0 Å². The fourth-order valence-corrected chi connectivity index (χ4v) is 2.26. The third-order valence-corrected chi connectivity index (χ3v) is 3.33. The first-order valence-corrected chi connectivity index (χ1v) is 6.08. The van der Waals surface area contributed by atoms with Crippen LogP contribution in [0.5, 0.6) is 0 Å². The molecule has 1 fully saturated rings. The Morgan fingerprint density at radius 2 is 2.00 bits per heavy atom. The summed E-state index contributed by atoms with van der Waals surface area (Å²) in [7, 11) is 0. The van der Waals surface area contributed by atoms with Crippen LogP contribution in [-0.2, 0) is 0 Å². The van der Waals surface area contributed by atoms with E-state index in [-0.39, 0.29) is 11.2 Å². The Morgan fingerprint density at radius 3 is 2.72 bits per heavy atom. The maximum atomic E-state index is 12.0. The van der Waals surface area contributed by atoms with Crippen LogP contribution >= 0.6 is 0 Å². The van der Waals surface area contributed by atoms with Crippen LogP contribution in [0.4, 0.5) is 11.5 Å². The predicted octanol–water partition coefficient (Wildman–Crippen LogP) is 0.580. The number of rotatable bonds is 1. The molecule has 1 saturated heterocycles. The summed E-state index contributed by atoms with van der Waals surface area (Å²) in [6, 6.07) is 3.72. The summed E-state index contributed by atoms with van der Waals surface area (Å²) in [6.45, 7) is 3.70. The fourth-order valence-electron chi connectivity index (χ4n) is 2.26. The average Bonchev–Trinajstić information content (AvgIpc) is 2.90. The molecule has 0 bridgehead atoms. The van der Waals surface area contributed by atoms with Crippen molar-refractivity contribution in [3.05, 3.63) is 28.2 Å². The molecule has 2 N–H and O–H groups in total. The van der Waals surface area contributed by atoms with Crippen LogP contribution < -0.4 is 16.2 Å². The van der Waals surface area contributed by atoms with Crippen LogP contribution in [0.3, 0.4) is 0 Å². The number of nitrogens with zero attached hydrogens (tertiary/aromatic N) is 4. The van der Waals surface area contributed by atoms with Gasteiger partial charge in [-0.05, 0) is 31.9 Å². The van der Waals surface area contributed by atoms with Crippen LogP contribution in [0.15, 0.2) is 16.9 Å². The molecule has 2 aromatic heterocycles. The van der Waals surface area contributed by atoms with Gasteiger partial charge in [-0.25, -0.2) is 4.98 Å². The van der Waals surface area contributed by atoms with E-state index in [0.29, 0.717) is 11.3 Å². The van der Waals surface area contributed by atoms with E-state index < -0.39 is 0 Å². The molecule has 6 nitrogen and oxygen atoms in total. The molecule has 3 heterocycles. The first-order chi connectivity index (χ1) is 8.66. The van der Waals surface area contributed by atoms with Gasteiger partial charge in [0, 0.05) is 13.1 Å². The standard InChI is InChI=1S/C12H15N5O/c1-8-11(13)12(18)17-9(14-8)4-5-10(15-17)16-6-2-3-7-16/h4-5H,2-3,6-7,13H2,1H3. The average molecular weight is 245 g/mol. The van der Waals surface area contributed by atoms with Crippen molar-refractivity contribution in [2.24, 2.45) is 0 Å². The zero-order valence-electron chi connectivity index (χ0n) is 10.3. The number of aryl methyl sites for hydroxylation is 1. The number of hydrogen-bond donors (Lipinski definition) is 1. The third-order valence-electron chi connectivity index (χ3n) is 3.33. The van der Waals surface area contributed by atoms with E-state index >= 15 is 0 Å². The first kappa shape index (κ1) is 11.0. The summed E-state index contributed by atoms with van der Waals surface area (Å²) in [6.07, 6.45) is 2.34. The highest BCUT2D eigenvalue weighted by Crippen LogP contribution is 2.17. The molecule has 3 rings (SSSR count). The molecule has 1 aliphatic rings. The van der Waals surface area contributed by atoms with Gasteiger partial charge in [-0.3, -0.25) is 4.79 Å². The summed E-state index contributed by atoms with van der Waals surface area (Å²) in [5.41, 5.74) is 6.66. The molecular weight excluding hydrogens is 230 g/mol. The normalized spacial score (nSPS) is 15.5. The first-order valence-electron chi connectivity index (χ1n) is 6.08. The molecule has 94 valence electrons.